The van der Waals surface area contributed by atoms with E-state index in [1.807, 2.05) is 4.90 Å². The standard InChI is InChI=1S/C18H23NO3S/c1-13-3-6-15-11-19(12-16(15)9-13)18(20)10-14-4-7-17(8-5-14)23(2,21)22/h3-5,7-8,15-16H,6,9-12H2,1-2H3/t15-,16+/m1/s1. The summed E-state index contributed by atoms with van der Waals surface area (Å²) in [6, 6.07) is 6.64. The zero-order chi connectivity index (χ0) is 16.6. The molecule has 23 heavy (non-hydrogen) atoms. The van der Waals surface area contributed by atoms with Crippen LogP contribution in [0.15, 0.2) is 40.8 Å². The Morgan fingerprint density at radius 2 is 1.83 bits per heavy atom. The van der Waals surface area contributed by atoms with Crippen LogP contribution in [0.4, 0.5) is 0 Å². The molecule has 0 bridgehead atoms. The average molecular weight is 333 g/mol. The fourth-order valence-corrected chi connectivity index (χ4v) is 4.26. The first-order chi connectivity index (χ1) is 10.8. The Kier molecular flexibility index (Phi) is 4.32. The zero-order valence-electron chi connectivity index (χ0n) is 13.7. The van der Waals surface area contributed by atoms with Crippen LogP contribution in [0, 0.1) is 11.8 Å². The Bertz CT molecular complexity index is 734. The number of amides is 1. The number of likely N-dealkylation sites (tertiary alicyclic amines) is 1. The summed E-state index contributed by atoms with van der Waals surface area (Å²) in [4.78, 5) is 14.8. The van der Waals surface area contributed by atoms with Gasteiger partial charge in [0.1, 0.15) is 0 Å². The van der Waals surface area contributed by atoms with Gasteiger partial charge in [-0.2, -0.15) is 0 Å². The van der Waals surface area contributed by atoms with Crippen LogP contribution >= 0.6 is 0 Å². The Balaban J connectivity index is 1.62. The quantitative estimate of drug-likeness (QED) is 0.799. The van der Waals surface area contributed by atoms with Crippen LogP contribution in [0.25, 0.3) is 0 Å². The summed E-state index contributed by atoms with van der Waals surface area (Å²) in [6.45, 7) is 3.88. The molecule has 1 amide bonds. The fourth-order valence-electron chi connectivity index (χ4n) is 3.63. The summed E-state index contributed by atoms with van der Waals surface area (Å²) in [7, 11) is -3.18. The highest BCUT2D eigenvalue weighted by Crippen LogP contribution is 2.35. The SMILES string of the molecule is CC1=CC[C@@H]2CN(C(=O)Cc3ccc(S(C)(=O)=O)cc3)C[C@@H]2C1. The lowest BCUT2D eigenvalue weighted by Crippen LogP contribution is -2.30. The molecule has 0 radical (unpaired) electrons. The maximum Gasteiger partial charge on any atom is 0.227 e. The van der Waals surface area contributed by atoms with E-state index in [2.05, 4.69) is 13.0 Å². The summed E-state index contributed by atoms with van der Waals surface area (Å²) >= 11 is 0. The summed E-state index contributed by atoms with van der Waals surface area (Å²) in [5.74, 6) is 1.36. The Morgan fingerprint density at radius 3 is 2.48 bits per heavy atom. The summed E-state index contributed by atoms with van der Waals surface area (Å²) < 4.78 is 22.9. The van der Waals surface area contributed by atoms with Crippen molar-refractivity contribution in [2.24, 2.45) is 11.8 Å². The highest BCUT2D eigenvalue weighted by atomic mass is 32.2. The number of sulfone groups is 1. The van der Waals surface area contributed by atoms with Crippen LogP contribution in [0.1, 0.15) is 25.3 Å². The predicted molar refractivity (Wildman–Crippen MR) is 89.8 cm³/mol. The fraction of sp³-hybridized carbons (Fsp3) is 0.500. The number of carbonyl (C=O) groups is 1. The number of fused-ring (bicyclic) bond motifs is 1. The van der Waals surface area contributed by atoms with Crippen molar-refractivity contribution in [3.63, 3.8) is 0 Å². The number of hydrogen-bond acceptors (Lipinski definition) is 3. The minimum absolute atomic E-state index is 0.143. The minimum atomic E-state index is -3.18. The van der Waals surface area contributed by atoms with Crippen molar-refractivity contribution in [3.05, 3.63) is 41.5 Å². The van der Waals surface area contributed by atoms with E-state index in [0.29, 0.717) is 23.2 Å². The molecule has 0 unspecified atom stereocenters. The van der Waals surface area contributed by atoms with E-state index >= 15 is 0 Å². The third kappa shape index (κ3) is 3.66. The molecule has 2 atom stereocenters. The van der Waals surface area contributed by atoms with Gasteiger partial charge in [0.25, 0.3) is 0 Å². The molecule has 2 aliphatic rings. The van der Waals surface area contributed by atoms with Crippen LogP contribution in [-0.2, 0) is 21.1 Å². The van der Waals surface area contributed by atoms with Gasteiger partial charge in [-0.05, 0) is 49.3 Å². The molecule has 4 nitrogen and oxygen atoms in total. The number of allylic oxidation sites excluding steroid dienone is 2. The molecule has 0 saturated carbocycles. The number of benzene rings is 1. The normalized spacial score (nSPS) is 24.3. The van der Waals surface area contributed by atoms with Gasteiger partial charge >= 0.3 is 0 Å². The van der Waals surface area contributed by atoms with Crippen molar-refractivity contribution in [1.82, 2.24) is 4.90 Å². The van der Waals surface area contributed by atoms with Gasteiger partial charge in [-0.1, -0.05) is 23.8 Å². The van der Waals surface area contributed by atoms with E-state index in [1.54, 1.807) is 24.3 Å². The highest BCUT2D eigenvalue weighted by molar-refractivity contribution is 7.90. The zero-order valence-corrected chi connectivity index (χ0v) is 14.5. The summed E-state index contributed by atoms with van der Waals surface area (Å²) in [5.41, 5.74) is 2.31. The molecule has 0 N–H and O–H groups in total. The third-order valence-corrected chi connectivity index (χ3v) is 6.12. The van der Waals surface area contributed by atoms with Crippen LogP contribution in [0.3, 0.4) is 0 Å². The van der Waals surface area contributed by atoms with E-state index in [0.717, 1.165) is 31.5 Å². The molecule has 1 saturated heterocycles. The Hall–Kier alpha value is -1.62. The van der Waals surface area contributed by atoms with E-state index in [1.165, 1.54) is 11.8 Å². The van der Waals surface area contributed by atoms with Gasteiger partial charge in [-0.3, -0.25) is 4.79 Å². The second-order valence-electron chi connectivity index (χ2n) is 6.90. The number of rotatable bonds is 3. The first kappa shape index (κ1) is 16.2. The van der Waals surface area contributed by atoms with Crippen LogP contribution in [-0.4, -0.2) is 38.6 Å². The van der Waals surface area contributed by atoms with Gasteiger partial charge in [0.15, 0.2) is 9.84 Å². The molecular formula is C18H23NO3S. The van der Waals surface area contributed by atoms with Crippen molar-refractivity contribution in [2.45, 2.75) is 31.1 Å². The summed E-state index contributed by atoms with van der Waals surface area (Å²) in [6.07, 6.45) is 6.03. The topological polar surface area (TPSA) is 54.5 Å². The molecule has 1 heterocycles. The number of hydrogen-bond donors (Lipinski definition) is 0. The first-order valence-electron chi connectivity index (χ1n) is 8.05. The van der Waals surface area contributed by atoms with E-state index in [4.69, 9.17) is 0 Å². The molecule has 0 aromatic heterocycles. The smallest absolute Gasteiger partial charge is 0.227 e. The second-order valence-corrected chi connectivity index (χ2v) is 8.92. The third-order valence-electron chi connectivity index (χ3n) is 4.99. The largest absolute Gasteiger partial charge is 0.342 e. The second kappa shape index (κ2) is 6.11. The molecule has 1 aliphatic heterocycles. The van der Waals surface area contributed by atoms with E-state index < -0.39 is 9.84 Å². The first-order valence-corrected chi connectivity index (χ1v) is 9.94. The molecule has 1 aliphatic carbocycles. The van der Waals surface area contributed by atoms with Crippen molar-refractivity contribution in [2.75, 3.05) is 19.3 Å². The lowest BCUT2D eigenvalue weighted by atomic mass is 9.83. The van der Waals surface area contributed by atoms with Crippen molar-refractivity contribution < 1.29 is 13.2 Å². The Morgan fingerprint density at radius 1 is 1.17 bits per heavy atom. The Labute approximate surface area is 138 Å². The average Bonchev–Trinajstić information content (AvgIpc) is 2.90. The maximum absolute atomic E-state index is 12.5. The van der Waals surface area contributed by atoms with E-state index in [9.17, 15) is 13.2 Å². The molecular weight excluding hydrogens is 310 g/mol. The predicted octanol–water partition coefficient (Wildman–Crippen LogP) is 2.45. The van der Waals surface area contributed by atoms with Crippen LogP contribution in [0.2, 0.25) is 0 Å². The molecule has 5 heteroatoms. The molecule has 1 aromatic carbocycles. The van der Waals surface area contributed by atoms with Gasteiger partial charge in [-0.15, -0.1) is 0 Å². The van der Waals surface area contributed by atoms with Gasteiger partial charge in [-0.25, -0.2) is 8.42 Å². The molecule has 124 valence electrons. The van der Waals surface area contributed by atoms with Gasteiger partial charge in [0, 0.05) is 19.3 Å². The lowest BCUT2D eigenvalue weighted by molar-refractivity contribution is -0.129. The van der Waals surface area contributed by atoms with Crippen LogP contribution in [0.5, 0.6) is 0 Å². The molecule has 3 rings (SSSR count). The molecule has 0 spiro atoms. The number of nitrogens with zero attached hydrogens (tertiary/aromatic N) is 1. The van der Waals surface area contributed by atoms with Crippen LogP contribution < -0.4 is 0 Å². The van der Waals surface area contributed by atoms with Crippen molar-refractivity contribution in [1.29, 1.82) is 0 Å². The van der Waals surface area contributed by atoms with E-state index in [-0.39, 0.29) is 5.91 Å². The lowest BCUT2D eigenvalue weighted by Gasteiger charge is -2.21. The van der Waals surface area contributed by atoms with Crippen molar-refractivity contribution >= 4 is 15.7 Å². The van der Waals surface area contributed by atoms with Gasteiger partial charge in [0.05, 0.1) is 11.3 Å². The van der Waals surface area contributed by atoms with Gasteiger partial charge < -0.3 is 4.90 Å². The monoisotopic (exact) mass is 333 g/mol. The maximum atomic E-state index is 12.5. The minimum Gasteiger partial charge on any atom is -0.342 e. The van der Waals surface area contributed by atoms with Crippen molar-refractivity contribution in [3.8, 4) is 0 Å². The summed E-state index contributed by atoms with van der Waals surface area (Å²) in [5, 5.41) is 0. The highest BCUT2D eigenvalue weighted by Gasteiger charge is 2.35. The molecule has 1 fully saturated rings. The van der Waals surface area contributed by atoms with Gasteiger partial charge in [0.2, 0.25) is 5.91 Å². The number of carbonyl (C=O) groups excluding carboxylic acids is 1. The molecule has 1 aromatic rings.